The van der Waals surface area contributed by atoms with Crippen LogP contribution < -0.4 is 5.73 Å². The van der Waals surface area contributed by atoms with Crippen molar-refractivity contribution in [2.45, 2.75) is 31.7 Å². The predicted molar refractivity (Wildman–Crippen MR) is 67.4 cm³/mol. The van der Waals surface area contributed by atoms with Gasteiger partial charge in [0.1, 0.15) is 0 Å². The van der Waals surface area contributed by atoms with Crippen LogP contribution >= 0.6 is 0 Å². The van der Waals surface area contributed by atoms with Gasteiger partial charge in [0, 0.05) is 23.6 Å². The van der Waals surface area contributed by atoms with Gasteiger partial charge in [-0.15, -0.1) is 0 Å². The molecule has 2 nitrogen and oxygen atoms in total. The average Bonchev–Trinajstić information content (AvgIpc) is 2.95. The van der Waals surface area contributed by atoms with Crippen LogP contribution in [0.25, 0.3) is 10.9 Å². The van der Waals surface area contributed by atoms with Gasteiger partial charge in [0.25, 0.3) is 0 Å². The molecule has 0 aliphatic heterocycles. The standard InChI is InChI=1S/C14H18N2/c1-3-10-4-5-12-11(8-10)9-13(16(12)2)14(15)6-7-14/h4-5,8-9H,3,6-7,15H2,1-2H3. The zero-order valence-corrected chi connectivity index (χ0v) is 9.96. The number of benzene rings is 1. The van der Waals surface area contributed by atoms with Gasteiger partial charge in [0.15, 0.2) is 0 Å². The summed E-state index contributed by atoms with van der Waals surface area (Å²) in [5.74, 6) is 0. The minimum Gasteiger partial charge on any atom is -0.346 e. The number of nitrogens with two attached hydrogens (primary N) is 1. The molecule has 0 bridgehead atoms. The van der Waals surface area contributed by atoms with E-state index in [2.05, 4.69) is 42.8 Å². The molecule has 1 saturated carbocycles. The normalized spacial score (nSPS) is 17.9. The Morgan fingerprint density at radius 2 is 2.06 bits per heavy atom. The third-order valence-electron chi connectivity index (χ3n) is 3.81. The van der Waals surface area contributed by atoms with E-state index in [9.17, 15) is 0 Å². The van der Waals surface area contributed by atoms with E-state index in [1.165, 1.54) is 22.2 Å². The summed E-state index contributed by atoms with van der Waals surface area (Å²) in [6.45, 7) is 2.19. The minimum absolute atomic E-state index is 0.0415. The van der Waals surface area contributed by atoms with Crippen molar-refractivity contribution in [2.75, 3.05) is 0 Å². The van der Waals surface area contributed by atoms with Gasteiger partial charge in [-0.3, -0.25) is 0 Å². The molecule has 2 heteroatoms. The van der Waals surface area contributed by atoms with Gasteiger partial charge >= 0.3 is 0 Å². The predicted octanol–water partition coefficient (Wildman–Crippen LogP) is 2.69. The number of aryl methyl sites for hydroxylation is 2. The van der Waals surface area contributed by atoms with Crippen LogP contribution in [0.3, 0.4) is 0 Å². The monoisotopic (exact) mass is 214 g/mol. The first-order chi connectivity index (χ1) is 7.64. The van der Waals surface area contributed by atoms with E-state index in [1.807, 2.05) is 0 Å². The Bertz CT molecular complexity index is 547. The van der Waals surface area contributed by atoms with Crippen LogP contribution in [0.15, 0.2) is 24.3 Å². The molecule has 1 aromatic heterocycles. The Labute approximate surface area is 96.1 Å². The highest BCUT2D eigenvalue weighted by atomic mass is 15.0. The van der Waals surface area contributed by atoms with Gasteiger partial charge in [-0.1, -0.05) is 13.0 Å². The molecule has 16 heavy (non-hydrogen) atoms. The van der Waals surface area contributed by atoms with Crippen LogP contribution in [0.1, 0.15) is 31.0 Å². The van der Waals surface area contributed by atoms with Gasteiger partial charge < -0.3 is 10.3 Å². The van der Waals surface area contributed by atoms with E-state index in [1.54, 1.807) is 0 Å². The molecule has 1 heterocycles. The number of fused-ring (bicyclic) bond motifs is 1. The summed E-state index contributed by atoms with van der Waals surface area (Å²) in [6, 6.07) is 8.97. The van der Waals surface area contributed by atoms with E-state index in [0.717, 1.165) is 19.3 Å². The molecule has 0 spiro atoms. The van der Waals surface area contributed by atoms with Crippen molar-refractivity contribution in [3.8, 4) is 0 Å². The van der Waals surface area contributed by atoms with Crippen molar-refractivity contribution < 1.29 is 0 Å². The van der Waals surface area contributed by atoms with Crippen LogP contribution in [0, 0.1) is 0 Å². The molecule has 3 rings (SSSR count). The molecule has 1 fully saturated rings. The van der Waals surface area contributed by atoms with E-state index < -0.39 is 0 Å². The highest BCUT2D eigenvalue weighted by Gasteiger charge is 2.42. The van der Waals surface area contributed by atoms with Gasteiger partial charge in [0.2, 0.25) is 0 Å². The molecule has 0 unspecified atom stereocenters. The van der Waals surface area contributed by atoms with E-state index in [-0.39, 0.29) is 5.54 Å². The number of rotatable bonds is 2. The second-order valence-corrected chi connectivity index (χ2v) is 4.99. The number of hydrogen-bond donors (Lipinski definition) is 1. The average molecular weight is 214 g/mol. The lowest BCUT2D eigenvalue weighted by Crippen LogP contribution is -2.21. The molecule has 2 N–H and O–H groups in total. The molecular weight excluding hydrogens is 196 g/mol. The lowest BCUT2D eigenvalue weighted by atomic mass is 10.1. The first-order valence-electron chi connectivity index (χ1n) is 6.02. The van der Waals surface area contributed by atoms with Crippen molar-refractivity contribution in [1.29, 1.82) is 0 Å². The molecular formula is C14H18N2. The number of aromatic nitrogens is 1. The number of hydrogen-bond acceptors (Lipinski definition) is 1. The second kappa shape index (κ2) is 3.11. The first kappa shape index (κ1) is 9.91. The fourth-order valence-corrected chi connectivity index (χ4v) is 2.49. The summed E-state index contributed by atoms with van der Waals surface area (Å²) < 4.78 is 2.25. The van der Waals surface area contributed by atoms with Crippen LogP contribution in [-0.2, 0) is 19.0 Å². The second-order valence-electron chi connectivity index (χ2n) is 4.99. The topological polar surface area (TPSA) is 30.9 Å². The summed E-state index contributed by atoms with van der Waals surface area (Å²) in [5.41, 5.74) is 10.2. The molecule has 84 valence electrons. The highest BCUT2D eigenvalue weighted by Crippen LogP contribution is 2.44. The maximum absolute atomic E-state index is 6.28. The zero-order chi connectivity index (χ0) is 11.3. The van der Waals surface area contributed by atoms with Crippen molar-refractivity contribution in [3.63, 3.8) is 0 Å². The molecule has 1 aliphatic rings. The molecule has 1 aliphatic carbocycles. The zero-order valence-electron chi connectivity index (χ0n) is 9.96. The van der Waals surface area contributed by atoms with Gasteiger partial charge in [-0.25, -0.2) is 0 Å². The lowest BCUT2D eigenvalue weighted by molar-refractivity contribution is 0.667. The summed E-state index contributed by atoms with van der Waals surface area (Å²) in [5, 5.41) is 1.33. The molecule has 0 atom stereocenters. The SMILES string of the molecule is CCc1ccc2c(c1)cc(C1(N)CC1)n2C. The lowest BCUT2D eigenvalue weighted by Gasteiger charge is -2.10. The maximum Gasteiger partial charge on any atom is 0.0565 e. The fraction of sp³-hybridized carbons (Fsp3) is 0.429. The summed E-state index contributed by atoms with van der Waals surface area (Å²) >= 11 is 0. The Kier molecular flexibility index (Phi) is 1.93. The summed E-state index contributed by atoms with van der Waals surface area (Å²) in [4.78, 5) is 0. The van der Waals surface area contributed by atoms with Crippen LogP contribution in [0.5, 0.6) is 0 Å². The smallest absolute Gasteiger partial charge is 0.0565 e. The Balaban J connectivity index is 2.22. The first-order valence-corrected chi connectivity index (χ1v) is 6.02. The summed E-state index contributed by atoms with van der Waals surface area (Å²) in [7, 11) is 2.12. The molecule has 1 aromatic carbocycles. The summed E-state index contributed by atoms with van der Waals surface area (Å²) in [6.07, 6.45) is 3.34. The molecule has 0 amide bonds. The van der Waals surface area contributed by atoms with Crippen LogP contribution in [0.2, 0.25) is 0 Å². The van der Waals surface area contributed by atoms with E-state index in [4.69, 9.17) is 5.73 Å². The van der Waals surface area contributed by atoms with Crippen molar-refractivity contribution >= 4 is 10.9 Å². The highest BCUT2D eigenvalue weighted by molar-refractivity contribution is 5.82. The molecule has 0 radical (unpaired) electrons. The molecule has 2 aromatic rings. The largest absolute Gasteiger partial charge is 0.346 e. The third-order valence-corrected chi connectivity index (χ3v) is 3.81. The van der Waals surface area contributed by atoms with Crippen molar-refractivity contribution in [2.24, 2.45) is 12.8 Å². The Morgan fingerprint density at radius 1 is 1.31 bits per heavy atom. The van der Waals surface area contributed by atoms with Crippen LogP contribution in [0.4, 0.5) is 0 Å². The Hall–Kier alpha value is -1.28. The van der Waals surface area contributed by atoms with Gasteiger partial charge in [0.05, 0.1) is 5.54 Å². The van der Waals surface area contributed by atoms with E-state index in [0.29, 0.717) is 0 Å². The molecule has 0 saturated heterocycles. The fourth-order valence-electron chi connectivity index (χ4n) is 2.49. The van der Waals surface area contributed by atoms with Gasteiger partial charge in [-0.2, -0.15) is 0 Å². The van der Waals surface area contributed by atoms with Crippen LogP contribution in [-0.4, -0.2) is 4.57 Å². The van der Waals surface area contributed by atoms with Gasteiger partial charge in [-0.05, 0) is 43.0 Å². The Morgan fingerprint density at radius 3 is 2.69 bits per heavy atom. The quantitative estimate of drug-likeness (QED) is 0.818. The third kappa shape index (κ3) is 1.30. The van der Waals surface area contributed by atoms with Crippen molar-refractivity contribution in [3.05, 3.63) is 35.5 Å². The minimum atomic E-state index is -0.0415. The number of nitrogens with zero attached hydrogens (tertiary/aromatic N) is 1. The van der Waals surface area contributed by atoms with Crippen molar-refractivity contribution in [1.82, 2.24) is 4.57 Å². The maximum atomic E-state index is 6.28. The van der Waals surface area contributed by atoms with E-state index >= 15 is 0 Å².